The third kappa shape index (κ3) is 7.07. The molecule has 2 N–H and O–H groups in total. The number of ether oxygens (including phenoxy) is 1. The maximum Gasteiger partial charge on any atom is 0.255 e. The van der Waals surface area contributed by atoms with Crippen LogP contribution in [0, 0.1) is 29.6 Å². The molecule has 0 aromatic carbocycles. The summed E-state index contributed by atoms with van der Waals surface area (Å²) in [6, 6.07) is 9.31. The summed E-state index contributed by atoms with van der Waals surface area (Å²) in [4.78, 5) is 25.4. The molecule has 9 heteroatoms. The third-order valence-corrected chi connectivity index (χ3v) is 5.20. The van der Waals surface area contributed by atoms with Crippen molar-refractivity contribution in [1.82, 2.24) is 15.3 Å². The van der Waals surface area contributed by atoms with E-state index in [1.54, 1.807) is 51.4 Å². The lowest BCUT2D eigenvalue weighted by Crippen LogP contribution is -2.19. The van der Waals surface area contributed by atoms with E-state index < -0.39 is 5.41 Å². The largest absolute Gasteiger partial charge is 0.383 e. The molecule has 2 aromatic rings. The smallest absolute Gasteiger partial charge is 0.255 e. The van der Waals surface area contributed by atoms with Gasteiger partial charge in [-0.3, -0.25) is 14.8 Å². The highest BCUT2D eigenvalue weighted by Crippen LogP contribution is 2.24. The minimum Gasteiger partial charge on any atom is -0.383 e. The molecule has 2 aromatic heterocycles. The fourth-order valence-corrected chi connectivity index (χ4v) is 3.13. The van der Waals surface area contributed by atoms with E-state index in [1.807, 2.05) is 13.8 Å². The highest BCUT2D eigenvalue weighted by atomic mass is 16.5. The molecule has 9 nitrogen and oxygen atoms in total. The Balaban J connectivity index is 2.34. The summed E-state index contributed by atoms with van der Waals surface area (Å²) < 4.78 is 5.02. The van der Waals surface area contributed by atoms with Crippen LogP contribution in [-0.2, 0) is 10.2 Å². The van der Waals surface area contributed by atoms with Gasteiger partial charge in [0.15, 0.2) is 0 Å². The number of hydrogen-bond donors (Lipinski definition) is 2. The first-order valence-corrected chi connectivity index (χ1v) is 10.8. The van der Waals surface area contributed by atoms with E-state index in [0.29, 0.717) is 41.5 Å². The van der Waals surface area contributed by atoms with E-state index >= 15 is 0 Å². The Kier molecular flexibility index (Phi) is 9.39. The van der Waals surface area contributed by atoms with Gasteiger partial charge in [-0.05, 0) is 64.3 Å². The van der Waals surface area contributed by atoms with Crippen LogP contribution in [0.25, 0.3) is 5.57 Å². The maximum atomic E-state index is 12.9. The molecule has 0 spiro atoms. The van der Waals surface area contributed by atoms with Crippen molar-refractivity contribution in [1.29, 1.82) is 10.5 Å². The lowest BCUT2D eigenvalue weighted by molar-refractivity contribution is 0.102. The van der Waals surface area contributed by atoms with Crippen molar-refractivity contribution in [3.05, 3.63) is 70.6 Å². The summed E-state index contributed by atoms with van der Waals surface area (Å²) in [5.74, 6) is 0.00600. The van der Waals surface area contributed by atoms with Crippen LogP contribution in [0.3, 0.4) is 0 Å². The Morgan fingerprint density at radius 1 is 1.31 bits per heavy atom. The molecule has 0 radical (unpaired) electrons. The highest BCUT2D eigenvalue weighted by molar-refractivity contribution is 6.04. The molecule has 0 aliphatic rings. The average Bonchev–Trinajstić information content (AvgIpc) is 2.86. The van der Waals surface area contributed by atoms with E-state index in [1.165, 1.54) is 6.20 Å². The van der Waals surface area contributed by atoms with Gasteiger partial charge in [0.05, 0.1) is 41.2 Å². The number of nitrogens with zero attached hydrogens (tertiary/aromatic N) is 5. The van der Waals surface area contributed by atoms with Crippen molar-refractivity contribution in [3.63, 3.8) is 0 Å². The fraction of sp³-hybridized carbons (Fsp3) is 0.308. The van der Waals surface area contributed by atoms with Crippen LogP contribution in [-0.4, -0.2) is 42.9 Å². The number of carbonyl (C=O) groups is 1. The molecule has 0 aliphatic carbocycles. The van der Waals surface area contributed by atoms with Gasteiger partial charge in [-0.2, -0.15) is 10.5 Å². The lowest BCUT2D eigenvalue weighted by Gasteiger charge is -2.15. The molecule has 0 atom stereocenters. The predicted octanol–water partition coefficient (Wildman–Crippen LogP) is 3.91. The van der Waals surface area contributed by atoms with Crippen molar-refractivity contribution >= 4 is 23.9 Å². The van der Waals surface area contributed by atoms with E-state index in [-0.39, 0.29) is 5.91 Å². The number of nitriles is 2. The minimum atomic E-state index is -0.819. The van der Waals surface area contributed by atoms with Crippen LogP contribution >= 0.6 is 0 Å². The van der Waals surface area contributed by atoms with Crippen LogP contribution in [0.5, 0.6) is 0 Å². The topological polar surface area (TPSA) is 136 Å². The Bertz CT molecular complexity index is 1250. The molecule has 2 heterocycles. The number of rotatable bonds is 10. The molecule has 0 aliphatic heterocycles. The number of aliphatic imine (C=N–C) groups is 1. The second-order valence-corrected chi connectivity index (χ2v) is 8.26. The number of hydrogen-bond acceptors (Lipinski definition) is 8. The van der Waals surface area contributed by atoms with Gasteiger partial charge in [0, 0.05) is 36.7 Å². The zero-order chi connectivity index (χ0) is 26.0. The second kappa shape index (κ2) is 12.2. The van der Waals surface area contributed by atoms with Crippen LogP contribution in [0.2, 0.25) is 0 Å². The van der Waals surface area contributed by atoms with Gasteiger partial charge >= 0.3 is 0 Å². The number of aryl methyl sites for hydroxylation is 1. The zero-order valence-electron chi connectivity index (χ0n) is 20.6. The number of carbonyl (C=O) groups excluding carboxylic acids is 1. The number of nitrogens with one attached hydrogen (secondary N) is 2. The Hall–Kier alpha value is -4.34. The molecule has 0 saturated heterocycles. The molecule has 180 valence electrons. The lowest BCUT2D eigenvalue weighted by atomic mass is 9.90. The Morgan fingerprint density at radius 2 is 2.06 bits per heavy atom. The first kappa shape index (κ1) is 26.9. The van der Waals surface area contributed by atoms with Crippen LogP contribution in [0.15, 0.2) is 53.1 Å². The summed E-state index contributed by atoms with van der Waals surface area (Å²) in [5.41, 5.74) is 3.13. The monoisotopic (exact) mass is 471 g/mol. The standard InChI is InChI=1S/C26H29N7O2/c1-17(11-20(14-27)24(29-5)31-9-10-35-6)22-13-21(15-32-18(22)2)33-25(34)19-7-8-30-23(12-19)26(3,4)16-28/h7-8,11-13,15,31H,5,9-10H2,1-4,6H3,(H,33,34)/b17-11+,24-20-. The Morgan fingerprint density at radius 3 is 2.69 bits per heavy atom. The first-order valence-electron chi connectivity index (χ1n) is 10.8. The summed E-state index contributed by atoms with van der Waals surface area (Å²) in [5, 5.41) is 24.9. The number of anilines is 1. The minimum absolute atomic E-state index is 0.312. The number of methoxy groups -OCH3 is 1. The molecule has 0 bridgehead atoms. The molecule has 0 saturated carbocycles. The quantitative estimate of drug-likeness (QED) is 0.232. The van der Waals surface area contributed by atoms with Gasteiger partial charge in [0.1, 0.15) is 11.9 Å². The highest BCUT2D eigenvalue weighted by Gasteiger charge is 2.22. The molecule has 0 unspecified atom stereocenters. The van der Waals surface area contributed by atoms with E-state index in [4.69, 9.17) is 4.74 Å². The van der Waals surface area contributed by atoms with Gasteiger partial charge in [-0.1, -0.05) is 0 Å². The SMILES string of the molecule is C=N/C(NCCOC)=C(C#N)\C=C(/C)c1cc(NC(=O)c2ccnc(C(C)(C)C#N)c2)cnc1C. The van der Waals surface area contributed by atoms with E-state index in [9.17, 15) is 15.3 Å². The van der Waals surface area contributed by atoms with Gasteiger partial charge in [-0.25, -0.2) is 4.99 Å². The molecule has 0 fully saturated rings. The van der Waals surface area contributed by atoms with Gasteiger partial charge in [0.25, 0.3) is 5.91 Å². The van der Waals surface area contributed by atoms with Crippen LogP contribution in [0.1, 0.15) is 48.1 Å². The van der Waals surface area contributed by atoms with Crippen molar-refractivity contribution in [2.45, 2.75) is 33.1 Å². The number of aromatic nitrogens is 2. The van der Waals surface area contributed by atoms with E-state index in [2.05, 4.69) is 44.4 Å². The number of amides is 1. The normalized spacial score (nSPS) is 12.1. The predicted molar refractivity (Wildman–Crippen MR) is 136 cm³/mol. The zero-order valence-corrected chi connectivity index (χ0v) is 20.6. The Labute approximate surface area is 205 Å². The summed E-state index contributed by atoms with van der Waals surface area (Å²) in [6.07, 6.45) is 4.77. The van der Waals surface area contributed by atoms with Crippen LogP contribution in [0.4, 0.5) is 5.69 Å². The van der Waals surface area contributed by atoms with E-state index in [0.717, 1.165) is 16.8 Å². The van der Waals surface area contributed by atoms with Crippen molar-refractivity contribution in [2.24, 2.45) is 4.99 Å². The summed E-state index contributed by atoms with van der Waals surface area (Å²) >= 11 is 0. The maximum absolute atomic E-state index is 12.9. The van der Waals surface area contributed by atoms with Crippen molar-refractivity contribution < 1.29 is 9.53 Å². The fourth-order valence-electron chi connectivity index (χ4n) is 3.13. The molecular formula is C26H29N7O2. The second-order valence-electron chi connectivity index (χ2n) is 8.26. The summed E-state index contributed by atoms with van der Waals surface area (Å²) in [6.45, 7) is 11.6. The molecule has 2 rings (SSSR count). The van der Waals surface area contributed by atoms with Gasteiger partial charge in [-0.15, -0.1) is 0 Å². The molecule has 1 amide bonds. The van der Waals surface area contributed by atoms with Gasteiger partial charge in [0.2, 0.25) is 0 Å². The molecule has 35 heavy (non-hydrogen) atoms. The number of allylic oxidation sites excluding steroid dienone is 3. The first-order chi connectivity index (χ1) is 16.7. The number of pyridine rings is 2. The average molecular weight is 472 g/mol. The van der Waals surface area contributed by atoms with Crippen LogP contribution < -0.4 is 10.6 Å². The molecular weight excluding hydrogens is 442 g/mol. The third-order valence-electron chi connectivity index (χ3n) is 5.20. The van der Waals surface area contributed by atoms with Gasteiger partial charge < -0.3 is 15.4 Å². The van der Waals surface area contributed by atoms with Crippen molar-refractivity contribution in [2.75, 3.05) is 25.6 Å². The summed E-state index contributed by atoms with van der Waals surface area (Å²) in [7, 11) is 1.59. The van der Waals surface area contributed by atoms with Crippen molar-refractivity contribution in [3.8, 4) is 12.1 Å².